The Bertz CT molecular complexity index is 603. The van der Waals surface area contributed by atoms with E-state index < -0.39 is 11.6 Å². The molecule has 0 aliphatic rings. The number of phenolic OH excluding ortho intramolecular Hbond substituents is 1. The van der Waals surface area contributed by atoms with Gasteiger partial charge in [-0.25, -0.2) is 13.8 Å². The fraction of sp³-hybridized carbons (Fsp3) is 0.267. The number of anilines is 2. The molecule has 6 heteroatoms. The van der Waals surface area contributed by atoms with E-state index in [2.05, 4.69) is 15.6 Å². The molecular formula is C15H17F2N3O. The molecule has 0 unspecified atom stereocenters. The van der Waals surface area contributed by atoms with E-state index in [4.69, 9.17) is 0 Å². The summed E-state index contributed by atoms with van der Waals surface area (Å²) in [5.41, 5.74) is 0.995. The van der Waals surface area contributed by atoms with E-state index in [0.29, 0.717) is 19.5 Å². The topological polar surface area (TPSA) is 57.2 Å². The lowest BCUT2D eigenvalue weighted by Crippen LogP contribution is -2.11. The number of benzene rings is 1. The maximum atomic E-state index is 13.6. The Labute approximate surface area is 121 Å². The van der Waals surface area contributed by atoms with Gasteiger partial charge in [-0.2, -0.15) is 0 Å². The molecule has 0 saturated heterocycles. The number of aromatic hydroxyl groups is 1. The maximum Gasteiger partial charge on any atom is 0.168 e. The number of phenols is 1. The first-order chi connectivity index (χ1) is 10.1. The zero-order valence-electron chi connectivity index (χ0n) is 11.7. The maximum absolute atomic E-state index is 13.6. The van der Waals surface area contributed by atoms with Gasteiger partial charge >= 0.3 is 0 Å². The first-order valence-electron chi connectivity index (χ1n) is 6.72. The van der Waals surface area contributed by atoms with Gasteiger partial charge in [0.05, 0.1) is 0 Å². The number of hydrogen-bond donors (Lipinski definition) is 3. The van der Waals surface area contributed by atoms with Crippen LogP contribution >= 0.6 is 0 Å². The van der Waals surface area contributed by atoms with Crippen molar-refractivity contribution in [2.75, 3.05) is 23.7 Å². The predicted molar refractivity (Wildman–Crippen MR) is 78.6 cm³/mol. The minimum Gasteiger partial charge on any atom is -0.508 e. The zero-order chi connectivity index (χ0) is 15.2. The van der Waals surface area contributed by atoms with Crippen LogP contribution < -0.4 is 10.6 Å². The van der Waals surface area contributed by atoms with Gasteiger partial charge in [0.2, 0.25) is 0 Å². The highest BCUT2D eigenvalue weighted by Gasteiger charge is 2.10. The van der Waals surface area contributed by atoms with Gasteiger partial charge < -0.3 is 15.7 Å². The second kappa shape index (κ2) is 6.88. The number of halogens is 2. The summed E-state index contributed by atoms with van der Waals surface area (Å²) in [5, 5.41) is 14.8. The lowest BCUT2D eigenvalue weighted by molar-refractivity contribution is 0.475. The fourth-order valence-electron chi connectivity index (χ4n) is 1.87. The summed E-state index contributed by atoms with van der Waals surface area (Å²) >= 11 is 0. The largest absolute Gasteiger partial charge is 0.508 e. The lowest BCUT2D eigenvalue weighted by atomic mass is 10.1. The minimum absolute atomic E-state index is 0.0196. The molecule has 0 bridgehead atoms. The van der Waals surface area contributed by atoms with Crippen LogP contribution in [0.3, 0.4) is 0 Å². The van der Waals surface area contributed by atoms with Crippen LogP contribution in [0.2, 0.25) is 0 Å². The molecule has 1 heterocycles. The molecule has 0 fully saturated rings. The summed E-state index contributed by atoms with van der Waals surface area (Å²) < 4.78 is 27.0. The van der Waals surface area contributed by atoms with Crippen LogP contribution in [0.15, 0.2) is 30.3 Å². The molecule has 0 aliphatic carbocycles. The average molecular weight is 293 g/mol. The standard InChI is InChI=1S/C15H17F2N3O/c1-2-18-14-12(16)9-13(17)15(20-14)19-8-7-10-3-5-11(21)6-4-10/h3-6,9,21H,2,7-8H2,1H3,(H2,18,19,20). The summed E-state index contributed by atoms with van der Waals surface area (Å²) in [4.78, 5) is 3.89. The summed E-state index contributed by atoms with van der Waals surface area (Å²) in [6.07, 6.45) is 0.634. The SMILES string of the molecule is CCNc1nc(NCCc2ccc(O)cc2)c(F)cc1F. The predicted octanol–water partition coefficient (Wildman–Crippen LogP) is 3.15. The Morgan fingerprint density at radius 2 is 1.67 bits per heavy atom. The Morgan fingerprint density at radius 3 is 2.29 bits per heavy atom. The highest BCUT2D eigenvalue weighted by molar-refractivity contribution is 5.47. The fourth-order valence-corrected chi connectivity index (χ4v) is 1.87. The first kappa shape index (κ1) is 15.0. The molecule has 0 spiro atoms. The Morgan fingerprint density at radius 1 is 1.05 bits per heavy atom. The molecule has 0 aliphatic heterocycles. The van der Waals surface area contributed by atoms with Crippen molar-refractivity contribution in [2.45, 2.75) is 13.3 Å². The van der Waals surface area contributed by atoms with E-state index >= 15 is 0 Å². The second-order valence-corrected chi connectivity index (χ2v) is 4.52. The molecule has 0 radical (unpaired) electrons. The van der Waals surface area contributed by atoms with Crippen LogP contribution in [0, 0.1) is 11.6 Å². The Balaban J connectivity index is 1.99. The van der Waals surface area contributed by atoms with Crippen LogP contribution in [-0.2, 0) is 6.42 Å². The number of rotatable bonds is 6. The van der Waals surface area contributed by atoms with Crippen molar-refractivity contribution >= 4 is 11.6 Å². The van der Waals surface area contributed by atoms with Gasteiger partial charge in [-0.15, -0.1) is 0 Å². The molecule has 0 saturated carbocycles. The number of pyridine rings is 1. The quantitative estimate of drug-likeness (QED) is 0.766. The molecule has 1 aromatic carbocycles. The molecule has 112 valence electrons. The van der Waals surface area contributed by atoms with Gasteiger partial charge in [-0.05, 0) is 31.0 Å². The lowest BCUT2D eigenvalue weighted by Gasteiger charge is -2.10. The van der Waals surface area contributed by atoms with Crippen molar-refractivity contribution < 1.29 is 13.9 Å². The van der Waals surface area contributed by atoms with Gasteiger partial charge in [-0.1, -0.05) is 12.1 Å². The third kappa shape index (κ3) is 4.05. The average Bonchev–Trinajstić information content (AvgIpc) is 2.46. The molecule has 0 atom stereocenters. The van der Waals surface area contributed by atoms with Crippen LogP contribution in [0.1, 0.15) is 12.5 Å². The van der Waals surface area contributed by atoms with E-state index in [1.165, 1.54) is 0 Å². The van der Waals surface area contributed by atoms with Crippen LogP contribution in [0.4, 0.5) is 20.4 Å². The van der Waals surface area contributed by atoms with Crippen LogP contribution in [0.25, 0.3) is 0 Å². The van der Waals surface area contributed by atoms with Gasteiger partial charge in [0.15, 0.2) is 23.3 Å². The first-order valence-corrected chi connectivity index (χ1v) is 6.72. The van der Waals surface area contributed by atoms with E-state index in [9.17, 15) is 13.9 Å². The smallest absolute Gasteiger partial charge is 0.168 e. The van der Waals surface area contributed by atoms with E-state index in [-0.39, 0.29) is 17.4 Å². The zero-order valence-corrected chi connectivity index (χ0v) is 11.7. The van der Waals surface area contributed by atoms with Gasteiger partial charge in [0.1, 0.15) is 5.75 Å². The van der Waals surface area contributed by atoms with Crippen LogP contribution in [0.5, 0.6) is 5.75 Å². The summed E-state index contributed by atoms with van der Waals surface area (Å²) in [7, 11) is 0. The number of nitrogens with zero attached hydrogens (tertiary/aromatic N) is 1. The molecule has 0 amide bonds. The third-order valence-electron chi connectivity index (χ3n) is 2.92. The van der Waals surface area contributed by atoms with Gasteiger partial charge in [-0.3, -0.25) is 0 Å². The molecule has 21 heavy (non-hydrogen) atoms. The molecular weight excluding hydrogens is 276 g/mol. The van der Waals surface area contributed by atoms with Crippen molar-refractivity contribution in [3.05, 3.63) is 47.5 Å². The van der Waals surface area contributed by atoms with Crippen molar-refractivity contribution in [3.63, 3.8) is 0 Å². The highest BCUT2D eigenvalue weighted by Crippen LogP contribution is 2.19. The third-order valence-corrected chi connectivity index (χ3v) is 2.92. The molecule has 1 aromatic heterocycles. The summed E-state index contributed by atoms with van der Waals surface area (Å²) in [6.45, 7) is 2.76. The van der Waals surface area contributed by atoms with Crippen LogP contribution in [-0.4, -0.2) is 23.2 Å². The van der Waals surface area contributed by atoms with Crippen molar-refractivity contribution in [2.24, 2.45) is 0 Å². The summed E-state index contributed by atoms with van der Waals surface area (Å²) in [5.74, 6) is -1.18. The highest BCUT2D eigenvalue weighted by atomic mass is 19.1. The second-order valence-electron chi connectivity index (χ2n) is 4.52. The molecule has 2 aromatic rings. The van der Waals surface area contributed by atoms with E-state index in [0.717, 1.165) is 11.6 Å². The number of nitrogens with one attached hydrogen (secondary N) is 2. The molecule has 4 nitrogen and oxygen atoms in total. The van der Waals surface area contributed by atoms with Gasteiger partial charge in [0.25, 0.3) is 0 Å². The van der Waals surface area contributed by atoms with Crippen molar-refractivity contribution in [3.8, 4) is 5.75 Å². The molecule has 2 rings (SSSR count). The van der Waals surface area contributed by atoms with Gasteiger partial charge in [0, 0.05) is 19.2 Å². The molecule has 3 N–H and O–H groups in total. The van der Waals surface area contributed by atoms with E-state index in [1.54, 1.807) is 24.3 Å². The monoisotopic (exact) mass is 293 g/mol. The Kier molecular flexibility index (Phi) is 4.92. The summed E-state index contributed by atoms with van der Waals surface area (Å²) in [6, 6.07) is 7.57. The number of hydrogen-bond acceptors (Lipinski definition) is 4. The number of aromatic nitrogens is 1. The minimum atomic E-state index is -0.722. The normalized spacial score (nSPS) is 10.4. The van der Waals surface area contributed by atoms with Crippen molar-refractivity contribution in [1.82, 2.24) is 4.98 Å². The van der Waals surface area contributed by atoms with E-state index in [1.807, 2.05) is 6.92 Å². The Hall–Kier alpha value is -2.37. The van der Waals surface area contributed by atoms with Crippen molar-refractivity contribution in [1.29, 1.82) is 0 Å².